The molecule has 0 radical (unpaired) electrons. The minimum atomic E-state index is -3.44. The molecule has 7 heteroatoms. The zero-order valence-electron chi connectivity index (χ0n) is 11.3. The van der Waals surface area contributed by atoms with Gasteiger partial charge in [-0.1, -0.05) is 0 Å². The van der Waals surface area contributed by atoms with Crippen molar-refractivity contribution in [3.8, 4) is 5.75 Å². The van der Waals surface area contributed by atoms with Gasteiger partial charge in [0.05, 0.1) is 12.1 Å². The number of nitrogens with one attached hydrogen (secondary N) is 1. The van der Waals surface area contributed by atoms with E-state index < -0.39 is 9.84 Å². The Morgan fingerprint density at radius 2 is 2.15 bits per heavy atom. The minimum absolute atomic E-state index is 0.0275. The highest BCUT2D eigenvalue weighted by Gasteiger charge is 2.17. The van der Waals surface area contributed by atoms with Crippen LogP contribution in [-0.4, -0.2) is 45.0 Å². The summed E-state index contributed by atoms with van der Waals surface area (Å²) in [5, 5.41) is 12.5. The Hall–Kier alpha value is -1.86. The van der Waals surface area contributed by atoms with Gasteiger partial charge in [0.25, 0.3) is 0 Å². The lowest BCUT2D eigenvalue weighted by Crippen LogP contribution is -2.07. The first-order valence-corrected chi connectivity index (χ1v) is 7.90. The van der Waals surface area contributed by atoms with E-state index in [0.717, 1.165) is 11.9 Å². The van der Waals surface area contributed by atoms with E-state index in [-0.39, 0.29) is 23.9 Å². The first-order chi connectivity index (χ1) is 9.47. The summed E-state index contributed by atoms with van der Waals surface area (Å²) in [5.41, 5.74) is 1.41. The second kappa shape index (κ2) is 5.64. The Bertz CT molecular complexity index is 728. The Morgan fingerprint density at radius 3 is 2.75 bits per heavy atom. The third-order valence-corrected chi connectivity index (χ3v) is 3.94. The van der Waals surface area contributed by atoms with Crippen molar-refractivity contribution < 1.29 is 18.3 Å². The predicted octanol–water partition coefficient (Wildman–Crippen LogP) is 1.05. The van der Waals surface area contributed by atoms with E-state index >= 15 is 0 Å². The van der Waals surface area contributed by atoms with Crippen molar-refractivity contribution in [2.75, 3.05) is 31.8 Å². The van der Waals surface area contributed by atoms with Gasteiger partial charge in [-0.2, -0.15) is 0 Å². The molecule has 0 amide bonds. The standard InChI is InChI=1S/C13H16N2O4S/c1-14-10-3-4-15-11-8-12(19-6-5-16)13(7-9(10)11)20(2,17)18/h3-4,7-8,16H,5-6H2,1-2H3,(H,14,15). The van der Waals surface area contributed by atoms with E-state index in [4.69, 9.17) is 9.84 Å². The van der Waals surface area contributed by atoms with Gasteiger partial charge in [0.1, 0.15) is 17.3 Å². The molecule has 2 aromatic rings. The Balaban J connectivity index is 2.71. The van der Waals surface area contributed by atoms with Crippen molar-refractivity contribution >= 4 is 26.4 Å². The van der Waals surface area contributed by atoms with E-state index in [9.17, 15) is 8.42 Å². The maximum absolute atomic E-state index is 11.9. The molecular formula is C13H16N2O4S. The van der Waals surface area contributed by atoms with Gasteiger partial charge in [0.15, 0.2) is 9.84 Å². The van der Waals surface area contributed by atoms with Gasteiger partial charge < -0.3 is 15.2 Å². The summed E-state index contributed by atoms with van der Waals surface area (Å²) in [6.45, 7) is -0.162. The summed E-state index contributed by atoms with van der Waals surface area (Å²) < 4.78 is 29.1. The number of benzene rings is 1. The molecule has 1 aromatic heterocycles. The molecule has 0 unspecified atom stereocenters. The summed E-state index contributed by atoms with van der Waals surface area (Å²) >= 11 is 0. The second-order valence-electron chi connectivity index (χ2n) is 4.27. The lowest BCUT2D eigenvalue weighted by Gasteiger charge is -2.12. The molecule has 2 N–H and O–H groups in total. The van der Waals surface area contributed by atoms with Gasteiger partial charge in [-0.15, -0.1) is 0 Å². The maximum atomic E-state index is 11.9. The average molecular weight is 296 g/mol. The van der Waals surface area contributed by atoms with Crippen molar-refractivity contribution in [2.45, 2.75) is 4.90 Å². The Morgan fingerprint density at radius 1 is 1.40 bits per heavy atom. The number of anilines is 1. The summed E-state index contributed by atoms with van der Waals surface area (Å²) in [7, 11) is -1.69. The van der Waals surface area contributed by atoms with Crippen LogP contribution in [0.3, 0.4) is 0 Å². The number of hydrogen-bond acceptors (Lipinski definition) is 6. The van der Waals surface area contributed by atoms with Crippen LogP contribution in [0, 0.1) is 0 Å². The minimum Gasteiger partial charge on any atom is -0.490 e. The Kier molecular flexibility index (Phi) is 4.10. The predicted molar refractivity (Wildman–Crippen MR) is 77.0 cm³/mol. The van der Waals surface area contributed by atoms with E-state index in [0.29, 0.717) is 10.9 Å². The SMILES string of the molecule is CNc1ccnc2cc(OCCO)c(S(C)(=O)=O)cc12. The third-order valence-electron chi connectivity index (χ3n) is 2.82. The van der Waals surface area contributed by atoms with Crippen molar-refractivity contribution in [2.24, 2.45) is 0 Å². The molecule has 1 heterocycles. The first-order valence-electron chi connectivity index (χ1n) is 6.01. The lowest BCUT2D eigenvalue weighted by atomic mass is 10.2. The van der Waals surface area contributed by atoms with Crippen LogP contribution in [0.15, 0.2) is 29.3 Å². The zero-order valence-corrected chi connectivity index (χ0v) is 12.1. The summed E-state index contributed by atoms with van der Waals surface area (Å²) in [4.78, 5) is 4.29. The smallest absolute Gasteiger partial charge is 0.179 e. The maximum Gasteiger partial charge on any atom is 0.179 e. The Labute approximate surface area is 117 Å². The molecule has 0 bridgehead atoms. The molecule has 0 atom stereocenters. The number of pyridine rings is 1. The molecule has 0 fully saturated rings. The van der Waals surface area contributed by atoms with Gasteiger partial charge in [0, 0.05) is 36.6 Å². The van der Waals surface area contributed by atoms with E-state index in [1.54, 1.807) is 25.4 Å². The lowest BCUT2D eigenvalue weighted by molar-refractivity contribution is 0.198. The molecule has 1 aromatic carbocycles. The summed E-state index contributed by atoms with van der Waals surface area (Å²) in [5.74, 6) is 0.204. The number of hydrogen-bond donors (Lipinski definition) is 2. The molecule has 0 aliphatic heterocycles. The number of aliphatic hydroxyl groups is 1. The van der Waals surface area contributed by atoms with Crippen LogP contribution >= 0.6 is 0 Å². The molecule has 2 rings (SSSR count). The summed E-state index contributed by atoms with van der Waals surface area (Å²) in [6, 6.07) is 4.88. The zero-order chi connectivity index (χ0) is 14.8. The first kappa shape index (κ1) is 14.5. The molecule has 108 valence electrons. The summed E-state index contributed by atoms with van der Waals surface area (Å²) in [6.07, 6.45) is 2.75. The highest BCUT2D eigenvalue weighted by Crippen LogP contribution is 2.32. The fourth-order valence-electron chi connectivity index (χ4n) is 1.93. The van der Waals surface area contributed by atoms with Crippen LogP contribution in [0.25, 0.3) is 10.9 Å². The molecule has 0 spiro atoms. The molecule has 20 heavy (non-hydrogen) atoms. The van der Waals surface area contributed by atoms with Crippen molar-refractivity contribution in [1.82, 2.24) is 4.98 Å². The molecule has 6 nitrogen and oxygen atoms in total. The van der Waals surface area contributed by atoms with Crippen LogP contribution in [0.1, 0.15) is 0 Å². The third kappa shape index (κ3) is 2.83. The van der Waals surface area contributed by atoms with Crippen molar-refractivity contribution in [3.05, 3.63) is 24.4 Å². The highest BCUT2D eigenvalue weighted by molar-refractivity contribution is 7.90. The topological polar surface area (TPSA) is 88.5 Å². The molecule has 0 saturated carbocycles. The van der Waals surface area contributed by atoms with Crippen LogP contribution in [-0.2, 0) is 9.84 Å². The van der Waals surface area contributed by atoms with E-state index in [1.807, 2.05) is 0 Å². The van der Waals surface area contributed by atoms with Crippen LogP contribution in [0.5, 0.6) is 5.75 Å². The fourth-order valence-corrected chi connectivity index (χ4v) is 2.75. The van der Waals surface area contributed by atoms with E-state index in [2.05, 4.69) is 10.3 Å². The van der Waals surface area contributed by atoms with E-state index in [1.165, 1.54) is 6.07 Å². The monoisotopic (exact) mass is 296 g/mol. The average Bonchev–Trinajstić information content (AvgIpc) is 2.42. The number of ether oxygens (including phenoxy) is 1. The van der Waals surface area contributed by atoms with Gasteiger partial charge >= 0.3 is 0 Å². The molecule has 0 aliphatic carbocycles. The molecule has 0 aliphatic rings. The fraction of sp³-hybridized carbons (Fsp3) is 0.308. The van der Waals surface area contributed by atoms with Crippen LogP contribution in [0.4, 0.5) is 5.69 Å². The number of rotatable bonds is 5. The van der Waals surface area contributed by atoms with Crippen LogP contribution < -0.4 is 10.1 Å². The van der Waals surface area contributed by atoms with Crippen molar-refractivity contribution in [3.63, 3.8) is 0 Å². The van der Waals surface area contributed by atoms with Gasteiger partial charge in [-0.3, -0.25) is 4.98 Å². The van der Waals surface area contributed by atoms with Gasteiger partial charge in [0.2, 0.25) is 0 Å². The van der Waals surface area contributed by atoms with Gasteiger partial charge in [-0.25, -0.2) is 8.42 Å². The quantitative estimate of drug-likeness (QED) is 0.857. The number of aromatic nitrogens is 1. The number of nitrogens with zero attached hydrogens (tertiary/aromatic N) is 1. The number of fused-ring (bicyclic) bond motifs is 1. The van der Waals surface area contributed by atoms with Crippen LogP contribution in [0.2, 0.25) is 0 Å². The van der Waals surface area contributed by atoms with Gasteiger partial charge in [-0.05, 0) is 12.1 Å². The number of aliphatic hydroxyl groups excluding tert-OH is 1. The second-order valence-corrected chi connectivity index (χ2v) is 6.25. The number of sulfone groups is 1. The largest absolute Gasteiger partial charge is 0.490 e. The highest BCUT2D eigenvalue weighted by atomic mass is 32.2. The normalized spacial score (nSPS) is 11.6. The molecule has 0 saturated heterocycles. The van der Waals surface area contributed by atoms with Crippen molar-refractivity contribution in [1.29, 1.82) is 0 Å². The molecular weight excluding hydrogens is 280 g/mol.